The second-order valence-electron chi connectivity index (χ2n) is 6.53. The Labute approximate surface area is 148 Å². The van der Waals surface area contributed by atoms with E-state index in [1.54, 1.807) is 6.92 Å². The zero-order valence-electron chi connectivity index (χ0n) is 14.5. The van der Waals surface area contributed by atoms with Gasteiger partial charge in [0.1, 0.15) is 11.9 Å². The molecule has 1 N–H and O–H groups in total. The van der Waals surface area contributed by atoms with Gasteiger partial charge >= 0.3 is 5.97 Å². The van der Waals surface area contributed by atoms with E-state index in [-0.39, 0.29) is 18.4 Å². The van der Waals surface area contributed by atoms with Crippen LogP contribution in [0.5, 0.6) is 5.75 Å². The van der Waals surface area contributed by atoms with Gasteiger partial charge in [0.15, 0.2) is 0 Å². The maximum absolute atomic E-state index is 11.0. The van der Waals surface area contributed by atoms with Crippen molar-refractivity contribution in [2.24, 2.45) is 5.92 Å². The van der Waals surface area contributed by atoms with E-state index < -0.39 is 5.97 Å². The second-order valence-corrected chi connectivity index (χ2v) is 6.53. The van der Waals surface area contributed by atoms with Crippen LogP contribution in [0.25, 0.3) is 0 Å². The molecule has 1 aliphatic rings. The lowest BCUT2D eigenvalue weighted by Gasteiger charge is -2.20. The molecule has 0 aliphatic heterocycles. The maximum atomic E-state index is 11.0. The van der Waals surface area contributed by atoms with Crippen molar-refractivity contribution in [2.45, 2.75) is 38.7 Å². The van der Waals surface area contributed by atoms with E-state index in [1.807, 2.05) is 24.3 Å². The Balaban J connectivity index is 1.76. The van der Waals surface area contributed by atoms with Crippen molar-refractivity contribution >= 4 is 5.97 Å². The zero-order valence-corrected chi connectivity index (χ0v) is 14.5. The van der Waals surface area contributed by atoms with Crippen LogP contribution in [0, 0.1) is 17.8 Å². The van der Waals surface area contributed by atoms with E-state index in [4.69, 9.17) is 9.84 Å². The van der Waals surface area contributed by atoms with Gasteiger partial charge in [0.2, 0.25) is 0 Å². The summed E-state index contributed by atoms with van der Waals surface area (Å²) in [6, 6.07) is 16.1. The Morgan fingerprint density at radius 3 is 2.64 bits per heavy atom. The predicted octanol–water partition coefficient (Wildman–Crippen LogP) is 4.58. The first-order valence-electron chi connectivity index (χ1n) is 8.57. The molecule has 25 heavy (non-hydrogen) atoms. The number of carboxylic acid groups (broad SMARTS) is 1. The zero-order chi connectivity index (χ0) is 17.8. The third-order valence-corrected chi connectivity index (χ3v) is 4.66. The minimum Gasteiger partial charge on any atom is -0.485 e. The van der Waals surface area contributed by atoms with Crippen molar-refractivity contribution < 1.29 is 14.6 Å². The van der Waals surface area contributed by atoms with Gasteiger partial charge in [-0.25, -0.2) is 0 Å². The summed E-state index contributed by atoms with van der Waals surface area (Å²) in [7, 11) is 0. The highest BCUT2D eigenvalue weighted by molar-refractivity contribution is 5.69. The number of carbonyl (C=O) groups is 1. The van der Waals surface area contributed by atoms with Gasteiger partial charge in [0.25, 0.3) is 0 Å². The van der Waals surface area contributed by atoms with Gasteiger partial charge in [-0.1, -0.05) is 49.2 Å². The van der Waals surface area contributed by atoms with Gasteiger partial charge in [-0.3, -0.25) is 4.79 Å². The van der Waals surface area contributed by atoms with Crippen LogP contribution in [-0.2, 0) is 11.2 Å². The molecule has 128 valence electrons. The van der Waals surface area contributed by atoms with Gasteiger partial charge in [0, 0.05) is 5.92 Å². The molecule has 3 atom stereocenters. The molecule has 2 aromatic carbocycles. The molecule has 0 fully saturated rings. The second kappa shape index (κ2) is 7.44. The molecule has 0 radical (unpaired) electrons. The number of benzene rings is 2. The number of hydrogen-bond acceptors (Lipinski definition) is 2. The summed E-state index contributed by atoms with van der Waals surface area (Å²) in [6.07, 6.45) is 1.10. The van der Waals surface area contributed by atoms with Crippen molar-refractivity contribution in [3.05, 3.63) is 65.2 Å². The molecule has 0 heterocycles. The Morgan fingerprint density at radius 2 is 1.96 bits per heavy atom. The Bertz CT molecular complexity index is 811. The highest BCUT2D eigenvalue weighted by Crippen LogP contribution is 2.39. The Kier molecular flexibility index (Phi) is 5.09. The van der Waals surface area contributed by atoms with Crippen LogP contribution in [-0.4, -0.2) is 11.1 Å². The van der Waals surface area contributed by atoms with E-state index >= 15 is 0 Å². The van der Waals surface area contributed by atoms with Crippen molar-refractivity contribution in [1.82, 2.24) is 0 Å². The molecule has 3 heteroatoms. The average molecular weight is 334 g/mol. The molecule has 0 amide bonds. The number of rotatable bonds is 5. The van der Waals surface area contributed by atoms with Crippen LogP contribution in [0.4, 0.5) is 0 Å². The fourth-order valence-electron chi connectivity index (χ4n) is 3.46. The van der Waals surface area contributed by atoms with Gasteiger partial charge in [-0.15, -0.1) is 5.92 Å². The number of fused-ring (bicyclic) bond motifs is 1. The van der Waals surface area contributed by atoms with E-state index in [0.29, 0.717) is 5.92 Å². The van der Waals surface area contributed by atoms with Crippen LogP contribution in [0.3, 0.4) is 0 Å². The third-order valence-electron chi connectivity index (χ3n) is 4.66. The highest BCUT2D eigenvalue weighted by Gasteiger charge is 2.30. The molecular weight excluding hydrogens is 312 g/mol. The maximum Gasteiger partial charge on any atom is 0.304 e. The van der Waals surface area contributed by atoms with Crippen molar-refractivity contribution in [3.63, 3.8) is 0 Å². The molecule has 2 unspecified atom stereocenters. The van der Waals surface area contributed by atoms with Crippen LogP contribution in [0.15, 0.2) is 48.5 Å². The molecule has 0 saturated carbocycles. The standard InChI is InChI=1S/C22H22O3/c1-3-6-17(14-21(23)24)16-9-11-19(12-10-16)25-22-15(2)13-18-7-4-5-8-20(18)22/h4-5,7-12,15,17,22H,13-14H2,1-2H3,(H,23,24)/t15?,17-,22?/m0/s1. The number of carboxylic acids is 1. The highest BCUT2D eigenvalue weighted by atomic mass is 16.5. The van der Waals surface area contributed by atoms with Crippen molar-refractivity contribution in [3.8, 4) is 17.6 Å². The first-order valence-corrected chi connectivity index (χ1v) is 8.57. The molecule has 3 rings (SSSR count). The van der Waals surface area contributed by atoms with Crippen LogP contribution in [0.2, 0.25) is 0 Å². The average Bonchev–Trinajstić information content (AvgIpc) is 2.91. The molecule has 0 saturated heterocycles. The van der Waals surface area contributed by atoms with Gasteiger partial charge in [-0.2, -0.15) is 0 Å². The summed E-state index contributed by atoms with van der Waals surface area (Å²) in [4.78, 5) is 11.0. The fraction of sp³-hybridized carbons (Fsp3) is 0.318. The lowest BCUT2D eigenvalue weighted by Crippen LogP contribution is -2.11. The number of ether oxygens (including phenoxy) is 1. The van der Waals surface area contributed by atoms with Crippen molar-refractivity contribution in [1.29, 1.82) is 0 Å². The molecular formula is C22H22O3. The summed E-state index contributed by atoms with van der Waals surface area (Å²) < 4.78 is 6.24. The molecule has 3 nitrogen and oxygen atoms in total. The largest absolute Gasteiger partial charge is 0.485 e. The Morgan fingerprint density at radius 1 is 1.24 bits per heavy atom. The van der Waals surface area contributed by atoms with Crippen LogP contribution < -0.4 is 4.74 Å². The van der Waals surface area contributed by atoms with E-state index in [1.165, 1.54) is 11.1 Å². The summed E-state index contributed by atoms with van der Waals surface area (Å²) in [5.41, 5.74) is 3.53. The molecule has 0 spiro atoms. The number of aliphatic carboxylic acids is 1. The molecule has 0 aromatic heterocycles. The van der Waals surface area contributed by atoms with E-state index in [2.05, 4.69) is 43.0 Å². The monoisotopic (exact) mass is 334 g/mol. The lowest BCUT2D eigenvalue weighted by molar-refractivity contribution is -0.137. The quantitative estimate of drug-likeness (QED) is 0.814. The first kappa shape index (κ1) is 17.1. The summed E-state index contributed by atoms with van der Waals surface area (Å²) in [6.45, 7) is 3.93. The number of hydrogen-bond donors (Lipinski definition) is 1. The normalized spacial score (nSPS) is 19.4. The van der Waals surface area contributed by atoms with Crippen LogP contribution in [0.1, 0.15) is 49.0 Å². The summed E-state index contributed by atoms with van der Waals surface area (Å²) in [5, 5.41) is 9.05. The van der Waals surface area contributed by atoms with E-state index in [9.17, 15) is 4.79 Å². The predicted molar refractivity (Wildman–Crippen MR) is 97.6 cm³/mol. The van der Waals surface area contributed by atoms with E-state index in [0.717, 1.165) is 17.7 Å². The van der Waals surface area contributed by atoms with Gasteiger partial charge < -0.3 is 9.84 Å². The SMILES string of the molecule is CC#C[C@@H](CC(=O)O)c1ccc(OC2c3ccccc3CC2C)cc1. The lowest BCUT2D eigenvalue weighted by atomic mass is 9.96. The third kappa shape index (κ3) is 3.85. The molecule has 1 aliphatic carbocycles. The van der Waals surface area contributed by atoms with Gasteiger partial charge in [-0.05, 0) is 42.2 Å². The Hall–Kier alpha value is -2.73. The molecule has 2 aromatic rings. The summed E-state index contributed by atoms with van der Waals surface area (Å²) in [5.74, 6) is 5.89. The molecule has 0 bridgehead atoms. The van der Waals surface area contributed by atoms with Crippen LogP contribution >= 0.6 is 0 Å². The van der Waals surface area contributed by atoms with Gasteiger partial charge in [0.05, 0.1) is 12.3 Å². The minimum atomic E-state index is -0.843. The minimum absolute atomic E-state index is 0.00801. The summed E-state index contributed by atoms with van der Waals surface area (Å²) >= 11 is 0. The fourth-order valence-corrected chi connectivity index (χ4v) is 3.46. The smallest absolute Gasteiger partial charge is 0.304 e. The van der Waals surface area contributed by atoms with Crippen molar-refractivity contribution in [2.75, 3.05) is 0 Å². The topological polar surface area (TPSA) is 46.5 Å². The first-order chi connectivity index (χ1) is 12.1.